The molecule has 1 aromatic carbocycles. The van der Waals surface area contributed by atoms with Gasteiger partial charge in [-0.25, -0.2) is 0 Å². The minimum absolute atomic E-state index is 0.00755. The van der Waals surface area contributed by atoms with Crippen molar-refractivity contribution in [1.29, 1.82) is 0 Å². The van der Waals surface area contributed by atoms with E-state index in [2.05, 4.69) is 6.92 Å². The summed E-state index contributed by atoms with van der Waals surface area (Å²) in [6.45, 7) is 9.19. The summed E-state index contributed by atoms with van der Waals surface area (Å²) < 4.78 is 0. The van der Waals surface area contributed by atoms with Crippen molar-refractivity contribution < 1.29 is 24.6 Å². The van der Waals surface area contributed by atoms with Gasteiger partial charge >= 0.3 is 0 Å². The van der Waals surface area contributed by atoms with E-state index in [9.17, 15) is 24.6 Å². The van der Waals surface area contributed by atoms with Crippen molar-refractivity contribution in [2.24, 2.45) is 17.3 Å². The van der Waals surface area contributed by atoms with E-state index in [-0.39, 0.29) is 63.9 Å². The van der Waals surface area contributed by atoms with E-state index in [1.807, 2.05) is 13.8 Å². The zero-order valence-corrected chi connectivity index (χ0v) is 18.4. The Morgan fingerprint density at radius 1 is 1.28 bits per heavy atom. The highest BCUT2D eigenvalue weighted by Gasteiger charge is 2.44. The molecule has 0 unspecified atom stereocenters. The maximum absolute atomic E-state index is 12.9. The van der Waals surface area contributed by atoms with Crippen LogP contribution in [0.2, 0.25) is 5.02 Å². The van der Waals surface area contributed by atoms with Gasteiger partial charge < -0.3 is 10.2 Å². The second-order valence-electron chi connectivity index (χ2n) is 8.47. The Hall–Kier alpha value is -2.14. The number of benzene rings is 1. The molecule has 2 rings (SSSR count). The van der Waals surface area contributed by atoms with Crippen LogP contribution in [0.3, 0.4) is 0 Å². The highest BCUT2D eigenvalue weighted by atomic mass is 35.5. The van der Waals surface area contributed by atoms with E-state index in [1.54, 1.807) is 13.0 Å². The second-order valence-corrected chi connectivity index (χ2v) is 8.85. The summed E-state index contributed by atoms with van der Waals surface area (Å²) in [7, 11) is 0. The van der Waals surface area contributed by atoms with Crippen LogP contribution < -0.4 is 0 Å². The van der Waals surface area contributed by atoms with Crippen molar-refractivity contribution in [2.45, 2.75) is 60.3 Å². The van der Waals surface area contributed by atoms with E-state index in [0.29, 0.717) is 23.8 Å². The fraction of sp³-hybridized carbons (Fsp3) is 0.522. The van der Waals surface area contributed by atoms with E-state index in [1.165, 1.54) is 6.92 Å². The molecule has 0 bridgehead atoms. The first-order valence-electron chi connectivity index (χ1n) is 9.86. The highest BCUT2D eigenvalue weighted by Crippen LogP contribution is 2.46. The van der Waals surface area contributed by atoms with E-state index in [4.69, 9.17) is 11.6 Å². The third-order valence-corrected chi connectivity index (χ3v) is 7.36. The summed E-state index contributed by atoms with van der Waals surface area (Å²) in [6.07, 6.45) is 3.76. The molecule has 0 spiro atoms. The van der Waals surface area contributed by atoms with Crippen molar-refractivity contribution >= 4 is 29.5 Å². The Morgan fingerprint density at radius 3 is 2.48 bits per heavy atom. The summed E-state index contributed by atoms with van der Waals surface area (Å²) >= 11 is 6.07. The first-order valence-corrected chi connectivity index (χ1v) is 10.2. The average molecular weight is 421 g/mol. The van der Waals surface area contributed by atoms with Gasteiger partial charge in [-0.3, -0.25) is 14.4 Å². The minimum atomic E-state index is -0.399. The number of aldehydes is 1. The molecule has 3 atom stereocenters. The molecule has 5 nitrogen and oxygen atoms in total. The third-order valence-electron chi connectivity index (χ3n) is 6.90. The van der Waals surface area contributed by atoms with E-state index >= 15 is 0 Å². The molecule has 0 radical (unpaired) electrons. The number of ketones is 2. The number of hydrogen-bond acceptors (Lipinski definition) is 5. The van der Waals surface area contributed by atoms with Gasteiger partial charge in [-0.15, -0.1) is 0 Å². The Morgan fingerprint density at radius 2 is 1.90 bits per heavy atom. The molecule has 1 aromatic rings. The molecule has 1 aliphatic carbocycles. The molecular formula is C23H29ClO5. The molecule has 2 N–H and O–H groups in total. The van der Waals surface area contributed by atoms with Crippen LogP contribution in [0.15, 0.2) is 11.6 Å². The maximum atomic E-state index is 12.9. The minimum Gasteiger partial charge on any atom is -0.507 e. The van der Waals surface area contributed by atoms with Crippen LogP contribution in [0.1, 0.15) is 68.4 Å². The van der Waals surface area contributed by atoms with Gasteiger partial charge in [-0.1, -0.05) is 38.4 Å². The Labute approximate surface area is 176 Å². The second kappa shape index (κ2) is 8.70. The van der Waals surface area contributed by atoms with Crippen molar-refractivity contribution in [1.82, 2.24) is 0 Å². The van der Waals surface area contributed by atoms with E-state index in [0.717, 1.165) is 6.42 Å². The summed E-state index contributed by atoms with van der Waals surface area (Å²) in [4.78, 5) is 36.3. The Kier molecular flexibility index (Phi) is 6.94. The Bertz CT molecular complexity index is 886. The predicted molar refractivity (Wildman–Crippen MR) is 113 cm³/mol. The number of halogens is 1. The number of phenolic OH excluding ortho intramolecular Hbond substituents is 2. The van der Waals surface area contributed by atoms with Crippen molar-refractivity contribution in [3.05, 3.63) is 33.4 Å². The van der Waals surface area contributed by atoms with Crippen LogP contribution in [0.4, 0.5) is 0 Å². The number of Topliss-reactive ketones (excluding diaryl/α,β-unsaturated/α-hetero) is 2. The molecule has 1 saturated carbocycles. The molecule has 6 heteroatoms. The third kappa shape index (κ3) is 4.25. The smallest absolute Gasteiger partial charge is 0.158 e. The first kappa shape index (κ1) is 23.1. The van der Waals surface area contributed by atoms with Gasteiger partial charge in [-0.05, 0) is 49.2 Å². The Balaban J connectivity index is 2.26. The number of carbonyl (C=O) groups is 3. The van der Waals surface area contributed by atoms with Crippen LogP contribution in [0.25, 0.3) is 0 Å². The summed E-state index contributed by atoms with van der Waals surface area (Å²) in [5, 5.41) is 20.6. The lowest BCUT2D eigenvalue weighted by molar-refractivity contribution is -0.134. The number of phenols is 2. The van der Waals surface area contributed by atoms with Gasteiger partial charge in [0, 0.05) is 24.3 Å². The summed E-state index contributed by atoms with van der Waals surface area (Å²) in [6, 6.07) is 0. The molecule has 0 aliphatic heterocycles. The first-order chi connectivity index (χ1) is 13.5. The standard InChI is InChI=1S/C23H29ClO5/c1-12(19(27)10-23(5)13(2)7-9-18(26)15(23)4)6-8-16-21(28)17(11-25)14(3)20(24)22(16)29/h6,11,13,15,28-29H,7-10H2,1-5H3/b12-6+/t13-,15+,23+/m1/s1. The molecule has 158 valence electrons. The lowest BCUT2D eigenvalue weighted by atomic mass is 9.59. The summed E-state index contributed by atoms with van der Waals surface area (Å²) in [5.41, 5.74) is 0.512. The number of hydrogen-bond donors (Lipinski definition) is 2. The van der Waals surface area contributed by atoms with Gasteiger partial charge in [0.05, 0.1) is 10.6 Å². The molecule has 0 amide bonds. The molecule has 1 fully saturated rings. The molecule has 0 aromatic heterocycles. The molecule has 29 heavy (non-hydrogen) atoms. The average Bonchev–Trinajstić information content (AvgIpc) is 2.68. The normalized spacial score (nSPS) is 25.2. The summed E-state index contributed by atoms with van der Waals surface area (Å²) in [5.74, 6) is -0.425. The molecule has 0 saturated heterocycles. The van der Waals surface area contributed by atoms with Crippen LogP contribution in [-0.2, 0) is 16.0 Å². The number of aromatic hydroxyl groups is 2. The number of rotatable bonds is 6. The van der Waals surface area contributed by atoms with Crippen LogP contribution >= 0.6 is 11.6 Å². The quantitative estimate of drug-likeness (QED) is 0.501. The van der Waals surface area contributed by atoms with Gasteiger partial charge in [-0.2, -0.15) is 0 Å². The van der Waals surface area contributed by atoms with Crippen molar-refractivity contribution in [3.63, 3.8) is 0 Å². The monoisotopic (exact) mass is 420 g/mol. The fourth-order valence-corrected chi connectivity index (χ4v) is 4.32. The number of allylic oxidation sites excluding steroid dienone is 2. The van der Waals surface area contributed by atoms with Gasteiger partial charge in [0.25, 0.3) is 0 Å². The zero-order chi connectivity index (χ0) is 22.1. The highest BCUT2D eigenvalue weighted by molar-refractivity contribution is 6.33. The van der Waals surface area contributed by atoms with Gasteiger partial charge in [0.15, 0.2) is 12.1 Å². The molecule has 1 aliphatic rings. The lowest BCUT2D eigenvalue weighted by Crippen LogP contribution is -2.43. The molecule has 0 heterocycles. The predicted octanol–water partition coefficient (Wildman–Crippen LogP) is 4.96. The molecular weight excluding hydrogens is 392 g/mol. The lowest BCUT2D eigenvalue weighted by Gasteiger charge is -2.43. The fourth-order valence-electron chi connectivity index (χ4n) is 4.10. The van der Waals surface area contributed by atoms with Crippen LogP contribution in [0, 0.1) is 24.2 Å². The van der Waals surface area contributed by atoms with Gasteiger partial charge in [0.2, 0.25) is 0 Å². The van der Waals surface area contributed by atoms with Crippen molar-refractivity contribution in [3.8, 4) is 11.5 Å². The van der Waals surface area contributed by atoms with Crippen LogP contribution in [-0.4, -0.2) is 28.1 Å². The van der Waals surface area contributed by atoms with Crippen molar-refractivity contribution in [2.75, 3.05) is 0 Å². The van der Waals surface area contributed by atoms with Crippen LogP contribution in [0.5, 0.6) is 11.5 Å². The van der Waals surface area contributed by atoms with Gasteiger partial charge in [0.1, 0.15) is 17.3 Å². The maximum Gasteiger partial charge on any atom is 0.158 e. The SMILES string of the molecule is C/C(=C\Cc1c(O)c(Cl)c(C)c(C=O)c1O)C(=O)C[C@@]1(C)[C@H](C)CCC(=O)[C@@H]1C. The zero-order valence-electron chi connectivity index (χ0n) is 17.6. The van der Waals surface area contributed by atoms with E-state index < -0.39 is 5.41 Å². The largest absolute Gasteiger partial charge is 0.507 e. The number of carbonyl (C=O) groups excluding carboxylic acids is 3. The topological polar surface area (TPSA) is 91.7 Å².